The second kappa shape index (κ2) is 5.41. The Balaban J connectivity index is 1.85. The Bertz CT molecular complexity index is 339. The van der Waals surface area contributed by atoms with Gasteiger partial charge in [0.05, 0.1) is 6.42 Å². The molecule has 3 heterocycles. The van der Waals surface area contributed by atoms with E-state index in [-0.39, 0.29) is 5.54 Å². The molecule has 1 N–H and O–H groups in total. The van der Waals surface area contributed by atoms with Gasteiger partial charge in [0.25, 0.3) is 0 Å². The summed E-state index contributed by atoms with van der Waals surface area (Å²) in [6.45, 7) is 4.50. The van der Waals surface area contributed by atoms with Crippen molar-refractivity contribution < 1.29 is 9.90 Å². The van der Waals surface area contributed by atoms with Crippen molar-refractivity contribution >= 4 is 5.97 Å². The second-order valence-corrected chi connectivity index (χ2v) is 6.52. The molecule has 3 aliphatic heterocycles. The molecular formula is C15H26N2O2. The number of nitrogens with zero attached hydrogens (tertiary/aromatic N) is 2. The Labute approximate surface area is 115 Å². The normalized spacial score (nSPS) is 37.2. The number of fused-ring (bicyclic) bond motifs is 1. The molecule has 0 aromatic rings. The van der Waals surface area contributed by atoms with E-state index >= 15 is 0 Å². The molecule has 3 saturated heterocycles. The molecule has 19 heavy (non-hydrogen) atoms. The van der Waals surface area contributed by atoms with Crippen molar-refractivity contribution in [2.24, 2.45) is 0 Å². The molecular weight excluding hydrogens is 240 g/mol. The van der Waals surface area contributed by atoms with Gasteiger partial charge in [0.1, 0.15) is 0 Å². The Hall–Kier alpha value is -0.610. The molecule has 3 rings (SSSR count). The summed E-state index contributed by atoms with van der Waals surface area (Å²) in [6, 6.07) is 0.502. The molecule has 0 amide bonds. The highest BCUT2D eigenvalue weighted by molar-refractivity contribution is 5.68. The van der Waals surface area contributed by atoms with E-state index in [1.165, 1.54) is 45.1 Å². The van der Waals surface area contributed by atoms with Crippen molar-refractivity contribution in [2.45, 2.75) is 62.9 Å². The van der Waals surface area contributed by atoms with E-state index in [1.54, 1.807) is 0 Å². The molecule has 0 aromatic heterocycles. The maximum atomic E-state index is 11.4. The number of hydrogen-bond acceptors (Lipinski definition) is 3. The highest BCUT2D eigenvalue weighted by Gasteiger charge is 2.53. The van der Waals surface area contributed by atoms with Gasteiger partial charge in [-0.3, -0.25) is 14.6 Å². The maximum absolute atomic E-state index is 11.4. The van der Waals surface area contributed by atoms with E-state index in [2.05, 4.69) is 9.80 Å². The minimum Gasteiger partial charge on any atom is -0.481 e. The Morgan fingerprint density at radius 3 is 2.47 bits per heavy atom. The van der Waals surface area contributed by atoms with Crippen molar-refractivity contribution in [3.63, 3.8) is 0 Å². The minimum atomic E-state index is -0.613. The van der Waals surface area contributed by atoms with Gasteiger partial charge in [-0.05, 0) is 51.7 Å². The lowest BCUT2D eigenvalue weighted by Crippen LogP contribution is -2.56. The van der Waals surface area contributed by atoms with Gasteiger partial charge in [0.2, 0.25) is 0 Å². The largest absolute Gasteiger partial charge is 0.481 e. The lowest BCUT2D eigenvalue weighted by molar-refractivity contribution is -0.141. The summed E-state index contributed by atoms with van der Waals surface area (Å²) in [5.41, 5.74) is -0.0628. The van der Waals surface area contributed by atoms with Gasteiger partial charge in [-0.1, -0.05) is 12.8 Å². The SMILES string of the molecule is O=C(O)CC1(N2CCCCCC2)CCN2CCCC21. The predicted molar refractivity (Wildman–Crippen MR) is 74.2 cm³/mol. The fourth-order valence-electron chi connectivity index (χ4n) is 4.67. The molecule has 0 aromatic carbocycles. The zero-order chi connectivity index (χ0) is 13.3. The molecule has 0 spiro atoms. The standard InChI is InChI=1S/C15H26N2O2/c18-14(19)12-15(17-9-3-1-2-4-10-17)7-11-16-8-5-6-13(15)16/h13H,1-12H2,(H,18,19). The van der Waals surface area contributed by atoms with Crippen LogP contribution >= 0.6 is 0 Å². The van der Waals surface area contributed by atoms with Gasteiger partial charge in [-0.2, -0.15) is 0 Å². The average Bonchev–Trinajstić information content (AvgIpc) is 2.84. The molecule has 4 heteroatoms. The van der Waals surface area contributed by atoms with Crippen LogP contribution in [0.1, 0.15) is 51.4 Å². The molecule has 3 aliphatic rings. The first-order valence-corrected chi connectivity index (χ1v) is 7.93. The Morgan fingerprint density at radius 1 is 1.05 bits per heavy atom. The summed E-state index contributed by atoms with van der Waals surface area (Å²) in [6.07, 6.45) is 8.96. The lowest BCUT2D eigenvalue weighted by atomic mass is 9.83. The molecule has 0 radical (unpaired) electrons. The summed E-state index contributed by atoms with van der Waals surface area (Å²) >= 11 is 0. The monoisotopic (exact) mass is 266 g/mol. The molecule has 0 bridgehead atoms. The van der Waals surface area contributed by atoms with E-state index in [4.69, 9.17) is 0 Å². The molecule has 2 unspecified atom stereocenters. The molecule has 108 valence electrons. The summed E-state index contributed by atoms with van der Waals surface area (Å²) in [5, 5.41) is 9.41. The number of aliphatic carboxylic acids is 1. The first kappa shape index (κ1) is 13.4. The fourth-order valence-corrected chi connectivity index (χ4v) is 4.67. The van der Waals surface area contributed by atoms with Gasteiger partial charge in [-0.25, -0.2) is 0 Å². The lowest BCUT2D eigenvalue weighted by Gasteiger charge is -2.44. The van der Waals surface area contributed by atoms with Gasteiger partial charge >= 0.3 is 5.97 Å². The van der Waals surface area contributed by atoms with Crippen LogP contribution in [0.25, 0.3) is 0 Å². The summed E-state index contributed by atoms with van der Waals surface area (Å²) < 4.78 is 0. The second-order valence-electron chi connectivity index (χ2n) is 6.52. The van der Waals surface area contributed by atoms with Crippen molar-refractivity contribution in [1.82, 2.24) is 9.80 Å². The van der Waals surface area contributed by atoms with Crippen LogP contribution in [-0.2, 0) is 4.79 Å². The number of carbonyl (C=O) groups is 1. The topological polar surface area (TPSA) is 43.8 Å². The summed E-state index contributed by atoms with van der Waals surface area (Å²) in [7, 11) is 0. The molecule has 0 saturated carbocycles. The van der Waals surface area contributed by atoms with Crippen LogP contribution in [0.2, 0.25) is 0 Å². The third-order valence-electron chi connectivity index (χ3n) is 5.51. The molecule has 2 atom stereocenters. The van der Waals surface area contributed by atoms with Crippen LogP contribution in [0.4, 0.5) is 0 Å². The summed E-state index contributed by atoms with van der Waals surface area (Å²) in [5.74, 6) is -0.613. The van der Waals surface area contributed by atoms with Gasteiger partial charge in [0.15, 0.2) is 0 Å². The maximum Gasteiger partial charge on any atom is 0.305 e. The van der Waals surface area contributed by atoms with E-state index < -0.39 is 5.97 Å². The predicted octanol–water partition coefficient (Wildman–Crippen LogP) is 1.94. The van der Waals surface area contributed by atoms with Crippen LogP contribution in [0.3, 0.4) is 0 Å². The molecule has 3 fully saturated rings. The van der Waals surface area contributed by atoms with Crippen LogP contribution < -0.4 is 0 Å². The number of likely N-dealkylation sites (tertiary alicyclic amines) is 1. The van der Waals surface area contributed by atoms with Crippen molar-refractivity contribution in [3.8, 4) is 0 Å². The van der Waals surface area contributed by atoms with E-state index in [0.717, 1.165) is 26.1 Å². The number of hydrogen-bond donors (Lipinski definition) is 1. The Morgan fingerprint density at radius 2 is 1.79 bits per heavy atom. The first-order chi connectivity index (χ1) is 9.22. The third-order valence-corrected chi connectivity index (χ3v) is 5.51. The van der Waals surface area contributed by atoms with Gasteiger partial charge in [0, 0.05) is 18.1 Å². The van der Waals surface area contributed by atoms with Crippen LogP contribution in [-0.4, -0.2) is 58.6 Å². The van der Waals surface area contributed by atoms with Crippen LogP contribution in [0.15, 0.2) is 0 Å². The molecule has 0 aliphatic carbocycles. The number of rotatable bonds is 3. The highest BCUT2D eigenvalue weighted by atomic mass is 16.4. The quantitative estimate of drug-likeness (QED) is 0.848. The Kier molecular flexibility index (Phi) is 3.81. The van der Waals surface area contributed by atoms with E-state index in [9.17, 15) is 9.90 Å². The van der Waals surface area contributed by atoms with Crippen molar-refractivity contribution in [1.29, 1.82) is 0 Å². The zero-order valence-electron chi connectivity index (χ0n) is 11.8. The van der Waals surface area contributed by atoms with Crippen LogP contribution in [0.5, 0.6) is 0 Å². The smallest absolute Gasteiger partial charge is 0.305 e. The highest BCUT2D eigenvalue weighted by Crippen LogP contribution is 2.43. The van der Waals surface area contributed by atoms with Gasteiger partial charge < -0.3 is 5.11 Å². The van der Waals surface area contributed by atoms with Crippen molar-refractivity contribution in [2.75, 3.05) is 26.2 Å². The molecule has 4 nitrogen and oxygen atoms in total. The van der Waals surface area contributed by atoms with E-state index in [1.807, 2.05) is 0 Å². The minimum absolute atomic E-state index is 0.0628. The van der Waals surface area contributed by atoms with E-state index in [0.29, 0.717) is 12.5 Å². The zero-order valence-corrected chi connectivity index (χ0v) is 11.8. The third kappa shape index (κ3) is 2.40. The fraction of sp³-hybridized carbons (Fsp3) is 0.933. The number of carboxylic acids is 1. The van der Waals surface area contributed by atoms with Gasteiger partial charge in [-0.15, -0.1) is 0 Å². The summed E-state index contributed by atoms with van der Waals surface area (Å²) in [4.78, 5) is 16.5. The first-order valence-electron chi connectivity index (χ1n) is 7.93. The number of carboxylic acid groups (broad SMARTS) is 1. The van der Waals surface area contributed by atoms with Crippen molar-refractivity contribution in [3.05, 3.63) is 0 Å². The average molecular weight is 266 g/mol. The van der Waals surface area contributed by atoms with Crippen LogP contribution in [0, 0.1) is 0 Å².